The van der Waals surface area contributed by atoms with E-state index in [1.165, 1.54) is 12.8 Å². The van der Waals surface area contributed by atoms with Crippen LogP contribution in [0.15, 0.2) is 24.3 Å². The highest BCUT2D eigenvalue weighted by molar-refractivity contribution is 6.31. The van der Waals surface area contributed by atoms with Gasteiger partial charge in [-0.05, 0) is 24.6 Å². The lowest BCUT2D eigenvalue weighted by Crippen LogP contribution is -2.33. The molecular weight excluding hydrogens is 248 g/mol. The number of carbonyl (C=O) groups excluding carboxylic acids is 1. The number of hydrogen-bond donors (Lipinski definition) is 2. The van der Waals surface area contributed by atoms with Gasteiger partial charge in [-0.1, -0.05) is 49.6 Å². The molecule has 0 saturated carbocycles. The minimum atomic E-state index is 0.00594. The molecule has 0 bridgehead atoms. The molecule has 0 aliphatic rings. The zero-order valence-corrected chi connectivity index (χ0v) is 11.6. The largest absolute Gasteiger partial charge is 0.351 e. The number of unbranched alkanes of at least 4 members (excludes halogenated alkanes) is 2. The first-order valence-corrected chi connectivity index (χ1v) is 6.82. The van der Waals surface area contributed by atoms with Crippen molar-refractivity contribution >= 4 is 17.5 Å². The Hall–Kier alpha value is -1.06. The third kappa shape index (κ3) is 6.03. The van der Waals surface area contributed by atoms with Gasteiger partial charge in [0.15, 0.2) is 0 Å². The first-order chi connectivity index (χ1) is 8.74. The van der Waals surface area contributed by atoms with E-state index >= 15 is 0 Å². The summed E-state index contributed by atoms with van der Waals surface area (Å²) in [5.41, 5.74) is 0.943. The third-order valence-corrected chi connectivity index (χ3v) is 3.05. The summed E-state index contributed by atoms with van der Waals surface area (Å²) in [6.45, 7) is 3.91. The zero-order chi connectivity index (χ0) is 13.2. The van der Waals surface area contributed by atoms with Crippen LogP contribution in [0.2, 0.25) is 5.02 Å². The van der Waals surface area contributed by atoms with Crippen LogP contribution >= 0.6 is 11.6 Å². The van der Waals surface area contributed by atoms with Gasteiger partial charge in [-0.2, -0.15) is 0 Å². The normalized spacial score (nSPS) is 10.3. The van der Waals surface area contributed by atoms with Gasteiger partial charge in [0.1, 0.15) is 0 Å². The van der Waals surface area contributed by atoms with Gasteiger partial charge in [-0.25, -0.2) is 0 Å². The van der Waals surface area contributed by atoms with Crippen LogP contribution < -0.4 is 10.6 Å². The Morgan fingerprint density at radius 3 is 2.78 bits per heavy atom. The molecule has 18 heavy (non-hydrogen) atoms. The number of rotatable bonds is 8. The molecule has 0 saturated heterocycles. The molecule has 2 N–H and O–H groups in total. The van der Waals surface area contributed by atoms with E-state index in [0.717, 1.165) is 18.5 Å². The summed E-state index contributed by atoms with van der Waals surface area (Å²) in [6.07, 6.45) is 3.52. The maximum atomic E-state index is 11.5. The summed E-state index contributed by atoms with van der Waals surface area (Å²) in [5, 5.41) is 6.66. The van der Waals surface area contributed by atoms with E-state index in [2.05, 4.69) is 17.6 Å². The van der Waals surface area contributed by atoms with E-state index in [0.29, 0.717) is 18.1 Å². The van der Waals surface area contributed by atoms with E-state index in [-0.39, 0.29) is 5.91 Å². The van der Waals surface area contributed by atoms with Gasteiger partial charge < -0.3 is 10.6 Å². The molecule has 0 spiro atoms. The number of halogens is 1. The fraction of sp³-hybridized carbons (Fsp3) is 0.500. The maximum absolute atomic E-state index is 11.5. The molecule has 1 aromatic rings. The summed E-state index contributed by atoms with van der Waals surface area (Å²) in [7, 11) is 0. The summed E-state index contributed by atoms with van der Waals surface area (Å²) < 4.78 is 0. The van der Waals surface area contributed by atoms with Crippen molar-refractivity contribution in [1.82, 2.24) is 10.6 Å². The van der Waals surface area contributed by atoms with E-state index in [1.807, 2.05) is 24.3 Å². The average Bonchev–Trinajstić information content (AvgIpc) is 2.37. The van der Waals surface area contributed by atoms with Gasteiger partial charge in [0.25, 0.3) is 0 Å². The minimum Gasteiger partial charge on any atom is -0.351 e. The summed E-state index contributed by atoms with van der Waals surface area (Å²) in [4.78, 5) is 11.5. The Morgan fingerprint density at radius 2 is 2.06 bits per heavy atom. The second-order valence-corrected chi connectivity index (χ2v) is 4.66. The standard InChI is InChI=1S/C14H21ClN2O/c1-2-3-6-9-16-11-14(18)17-10-12-7-4-5-8-13(12)15/h4-5,7-8,16H,2-3,6,9-11H2,1H3,(H,17,18). The number of nitrogens with one attached hydrogen (secondary N) is 2. The summed E-state index contributed by atoms with van der Waals surface area (Å²) in [5.74, 6) is 0.00594. The Labute approximate surface area is 114 Å². The van der Waals surface area contributed by atoms with Crippen LogP contribution in [0.25, 0.3) is 0 Å². The van der Waals surface area contributed by atoms with E-state index in [1.54, 1.807) is 0 Å². The highest BCUT2D eigenvalue weighted by atomic mass is 35.5. The van der Waals surface area contributed by atoms with Crippen molar-refractivity contribution in [3.05, 3.63) is 34.9 Å². The van der Waals surface area contributed by atoms with Crippen LogP contribution in [-0.4, -0.2) is 19.0 Å². The molecule has 0 aliphatic heterocycles. The van der Waals surface area contributed by atoms with Gasteiger partial charge >= 0.3 is 0 Å². The predicted octanol–water partition coefficient (Wildman–Crippen LogP) is 2.74. The fourth-order valence-electron chi connectivity index (χ4n) is 1.60. The van der Waals surface area contributed by atoms with E-state index in [9.17, 15) is 4.79 Å². The van der Waals surface area contributed by atoms with Gasteiger partial charge in [0.05, 0.1) is 6.54 Å². The Kier molecular flexibility index (Phi) is 7.46. The number of hydrogen-bond acceptors (Lipinski definition) is 2. The third-order valence-electron chi connectivity index (χ3n) is 2.68. The average molecular weight is 269 g/mol. The molecule has 0 heterocycles. The van der Waals surface area contributed by atoms with E-state index in [4.69, 9.17) is 11.6 Å². The Morgan fingerprint density at radius 1 is 1.28 bits per heavy atom. The molecule has 0 fully saturated rings. The molecule has 0 radical (unpaired) electrons. The smallest absolute Gasteiger partial charge is 0.234 e. The van der Waals surface area contributed by atoms with Crippen molar-refractivity contribution in [2.24, 2.45) is 0 Å². The van der Waals surface area contributed by atoms with Crippen molar-refractivity contribution in [2.45, 2.75) is 32.7 Å². The molecule has 100 valence electrons. The van der Waals surface area contributed by atoms with Crippen LogP contribution in [0.3, 0.4) is 0 Å². The van der Waals surface area contributed by atoms with Gasteiger partial charge in [-0.3, -0.25) is 4.79 Å². The molecule has 4 heteroatoms. The number of carbonyl (C=O) groups is 1. The van der Waals surface area contributed by atoms with Crippen molar-refractivity contribution < 1.29 is 4.79 Å². The summed E-state index contributed by atoms with van der Waals surface area (Å²) >= 11 is 6.00. The lowest BCUT2D eigenvalue weighted by molar-refractivity contribution is -0.120. The first-order valence-electron chi connectivity index (χ1n) is 6.45. The quantitative estimate of drug-likeness (QED) is 0.712. The van der Waals surface area contributed by atoms with Gasteiger partial charge in [0.2, 0.25) is 5.91 Å². The fourth-order valence-corrected chi connectivity index (χ4v) is 1.80. The second-order valence-electron chi connectivity index (χ2n) is 4.25. The topological polar surface area (TPSA) is 41.1 Å². The SMILES string of the molecule is CCCCCNCC(=O)NCc1ccccc1Cl. The zero-order valence-electron chi connectivity index (χ0n) is 10.8. The van der Waals surface area contributed by atoms with Crippen molar-refractivity contribution in [1.29, 1.82) is 0 Å². The van der Waals surface area contributed by atoms with Crippen molar-refractivity contribution in [3.63, 3.8) is 0 Å². The molecule has 0 aromatic heterocycles. The monoisotopic (exact) mass is 268 g/mol. The van der Waals surface area contributed by atoms with Crippen molar-refractivity contribution in [3.8, 4) is 0 Å². The van der Waals surface area contributed by atoms with Crippen LogP contribution in [0, 0.1) is 0 Å². The lowest BCUT2D eigenvalue weighted by atomic mass is 10.2. The van der Waals surface area contributed by atoms with Gasteiger partial charge in [0, 0.05) is 11.6 Å². The maximum Gasteiger partial charge on any atom is 0.234 e. The number of benzene rings is 1. The predicted molar refractivity (Wildman–Crippen MR) is 75.7 cm³/mol. The van der Waals surface area contributed by atoms with Crippen LogP contribution in [0.5, 0.6) is 0 Å². The van der Waals surface area contributed by atoms with Crippen molar-refractivity contribution in [2.75, 3.05) is 13.1 Å². The Bertz CT molecular complexity index is 369. The lowest BCUT2D eigenvalue weighted by Gasteiger charge is -2.07. The van der Waals surface area contributed by atoms with Crippen LogP contribution in [0.1, 0.15) is 31.7 Å². The molecule has 1 aromatic carbocycles. The summed E-state index contributed by atoms with van der Waals surface area (Å²) in [6, 6.07) is 7.53. The van der Waals surface area contributed by atoms with Gasteiger partial charge in [-0.15, -0.1) is 0 Å². The van der Waals surface area contributed by atoms with E-state index < -0.39 is 0 Å². The Balaban J connectivity index is 2.15. The molecule has 0 atom stereocenters. The highest BCUT2D eigenvalue weighted by Gasteiger charge is 2.02. The highest BCUT2D eigenvalue weighted by Crippen LogP contribution is 2.13. The number of amides is 1. The molecular formula is C14H21ClN2O. The minimum absolute atomic E-state index is 0.00594. The first kappa shape index (κ1) is 15.0. The molecule has 1 rings (SSSR count). The molecule has 1 amide bonds. The van der Waals surface area contributed by atoms with Crippen LogP contribution in [-0.2, 0) is 11.3 Å². The molecule has 3 nitrogen and oxygen atoms in total. The van der Waals surface area contributed by atoms with Crippen LogP contribution in [0.4, 0.5) is 0 Å². The molecule has 0 unspecified atom stereocenters. The molecule has 0 aliphatic carbocycles. The second kappa shape index (κ2) is 8.95.